The van der Waals surface area contributed by atoms with Crippen molar-refractivity contribution in [3.8, 4) is 0 Å². The van der Waals surface area contributed by atoms with E-state index in [1.807, 2.05) is 6.92 Å². The van der Waals surface area contributed by atoms with Crippen LogP contribution in [0.25, 0.3) is 0 Å². The predicted octanol–water partition coefficient (Wildman–Crippen LogP) is 0.794. The van der Waals surface area contributed by atoms with Gasteiger partial charge in [0.25, 0.3) is 0 Å². The maximum atomic E-state index is 9.53. The molecule has 2 atom stereocenters. The van der Waals surface area contributed by atoms with E-state index in [4.69, 9.17) is 4.74 Å². The van der Waals surface area contributed by atoms with Gasteiger partial charge in [-0.2, -0.15) is 0 Å². The van der Waals surface area contributed by atoms with Gasteiger partial charge in [-0.15, -0.1) is 0 Å². The average Bonchev–Trinajstić information content (AvgIpc) is 2.08. The Labute approximate surface area is 55.8 Å². The Morgan fingerprint density at radius 2 is 2.44 bits per heavy atom. The van der Waals surface area contributed by atoms with E-state index in [9.17, 15) is 5.11 Å². The molecular weight excluding hydrogens is 116 g/mol. The predicted molar refractivity (Wildman–Crippen MR) is 35.2 cm³/mol. The van der Waals surface area contributed by atoms with Crippen molar-refractivity contribution in [1.82, 2.24) is 0 Å². The number of rotatable bonds is 1. The number of hydrogen-bond donors (Lipinski definition) is 1. The molecule has 0 amide bonds. The van der Waals surface area contributed by atoms with Crippen LogP contribution in [0.4, 0.5) is 0 Å². The van der Waals surface area contributed by atoms with Crippen LogP contribution in [0.1, 0.15) is 20.3 Å². The van der Waals surface area contributed by atoms with Gasteiger partial charge in [0.2, 0.25) is 0 Å². The summed E-state index contributed by atoms with van der Waals surface area (Å²) in [5.41, 5.74) is -0.561. The van der Waals surface area contributed by atoms with Crippen molar-refractivity contribution in [1.29, 1.82) is 0 Å². The molecule has 0 aliphatic carbocycles. The largest absolute Gasteiger partial charge is 0.387 e. The average molecular weight is 130 g/mol. The Hall–Kier alpha value is -0.0800. The lowest BCUT2D eigenvalue weighted by molar-refractivity contribution is 0.0181. The molecule has 0 spiro atoms. The Kier molecular flexibility index (Phi) is 1.78. The van der Waals surface area contributed by atoms with Crippen LogP contribution in [0.15, 0.2) is 0 Å². The molecule has 1 saturated heterocycles. The topological polar surface area (TPSA) is 29.5 Å². The molecule has 1 aliphatic heterocycles. The van der Waals surface area contributed by atoms with Crippen molar-refractivity contribution in [2.45, 2.75) is 25.9 Å². The summed E-state index contributed by atoms with van der Waals surface area (Å²) in [4.78, 5) is 0. The fourth-order valence-corrected chi connectivity index (χ4v) is 1.26. The highest BCUT2D eigenvalue weighted by atomic mass is 16.5. The van der Waals surface area contributed by atoms with E-state index in [-0.39, 0.29) is 0 Å². The first-order chi connectivity index (χ1) is 4.17. The summed E-state index contributed by atoms with van der Waals surface area (Å²) in [6.45, 7) is 5.15. The first kappa shape index (κ1) is 7.03. The van der Waals surface area contributed by atoms with Crippen molar-refractivity contribution in [3.63, 3.8) is 0 Å². The monoisotopic (exact) mass is 130 g/mol. The maximum absolute atomic E-state index is 9.53. The highest BCUT2D eigenvalue weighted by Gasteiger charge is 2.36. The van der Waals surface area contributed by atoms with Gasteiger partial charge >= 0.3 is 0 Å². The van der Waals surface area contributed by atoms with Crippen LogP contribution in [0, 0.1) is 5.92 Å². The molecule has 2 unspecified atom stereocenters. The van der Waals surface area contributed by atoms with Crippen LogP contribution in [0.2, 0.25) is 0 Å². The van der Waals surface area contributed by atoms with Crippen molar-refractivity contribution in [3.05, 3.63) is 0 Å². The quantitative estimate of drug-likeness (QED) is 0.568. The van der Waals surface area contributed by atoms with Gasteiger partial charge in [0.1, 0.15) is 0 Å². The van der Waals surface area contributed by atoms with E-state index < -0.39 is 5.60 Å². The molecule has 9 heavy (non-hydrogen) atoms. The van der Waals surface area contributed by atoms with E-state index in [0.29, 0.717) is 12.5 Å². The van der Waals surface area contributed by atoms with E-state index in [0.717, 1.165) is 13.0 Å². The zero-order chi connectivity index (χ0) is 6.91. The van der Waals surface area contributed by atoms with Crippen molar-refractivity contribution in [2.24, 2.45) is 5.92 Å². The third-order valence-corrected chi connectivity index (χ3v) is 2.09. The SMILES string of the molecule is CCC1COCC1(C)O. The lowest BCUT2D eigenvalue weighted by Crippen LogP contribution is -2.32. The highest BCUT2D eigenvalue weighted by Crippen LogP contribution is 2.26. The first-order valence-electron chi connectivity index (χ1n) is 3.47. The first-order valence-corrected chi connectivity index (χ1v) is 3.47. The van der Waals surface area contributed by atoms with E-state index in [2.05, 4.69) is 6.92 Å². The molecule has 1 fully saturated rings. The third-order valence-electron chi connectivity index (χ3n) is 2.09. The standard InChI is InChI=1S/C7H14O2/c1-3-6-4-9-5-7(6,2)8/h6,8H,3-5H2,1-2H3. The molecule has 2 heteroatoms. The second-order valence-corrected chi connectivity index (χ2v) is 2.98. The van der Waals surface area contributed by atoms with Crippen LogP contribution in [0.5, 0.6) is 0 Å². The molecule has 0 saturated carbocycles. The van der Waals surface area contributed by atoms with E-state index >= 15 is 0 Å². The Morgan fingerprint density at radius 3 is 2.67 bits per heavy atom. The summed E-state index contributed by atoms with van der Waals surface area (Å²) in [7, 11) is 0. The highest BCUT2D eigenvalue weighted by molar-refractivity contribution is 4.85. The lowest BCUT2D eigenvalue weighted by Gasteiger charge is -2.21. The van der Waals surface area contributed by atoms with Gasteiger partial charge < -0.3 is 9.84 Å². The van der Waals surface area contributed by atoms with Crippen molar-refractivity contribution < 1.29 is 9.84 Å². The zero-order valence-electron chi connectivity index (χ0n) is 6.05. The molecule has 0 aromatic rings. The van der Waals surface area contributed by atoms with Crippen LogP contribution >= 0.6 is 0 Å². The third kappa shape index (κ3) is 1.25. The van der Waals surface area contributed by atoms with Gasteiger partial charge in [0.05, 0.1) is 18.8 Å². The molecule has 1 N–H and O–H groups in total. The summed E-state index contributed by atoms with van der Waals surface area (Å²) >= 11 is 0. The summed E-state index contributed by atoms with van der Waals surface area (Å²) < 4.78 is 5.11. The second-order valence-electron chi connectivity index (χ2n) is 2.98. The number of hydrogen-bond acceptors (Lipinski definition) is 2. The van der Waals surface area contributed by atoms with Gasteiger partial charge in [-0.25, -0.2) is 0 Å². The smallest absolute Gasteiger partial charge is 0.0901 e. The normalized spacial score (nSPS) is 43.7. The van der Waals surface area contributed by atoms with Crippen LogP contribution in [-0.2, 0) is 4.74 Å². The van der Waals surface area contributed by atoms with Gasteiger partial charge in [-0.1, -0.05) is 6.92 Å². The van der Waals surface area contributed by atoms with Crippen molar-refractivity contribution >= 4 is 0 Å². The van der Waals surface area contributed by atoms with Crippen LogP contribution < -0.4 is 0 Å². The summed E-state index contributed by atoms with van der Waals surface area (Å²) in [6, 6.07) is 0. The Bertz CT molecular complexity index is 99.1. The van der Waals surface area contributed by atoms with Crippen LogP contribution in [0.3, 0.4) is 0 Å². The Morgan fingerprint density at radius 1 is 1.78 bits per heavy atom. The van der Waals surface area contributed by atoms with Gasteiger partial charge in [0, 0.05) is 5.92 Å². The van der Waals surface area contributed by atoms with Gasteiger partial charge in [-0.05, 0) is 13.3 Å². The molecule has 54 valence electrons. The fourth-order valence-electron chi connectivity index (χ4n) is 1.26. The van der Waals surface area contributed by atoms with E-state index in [1.54, 1.807) is 0 Å². The summed E-state index contributed by atoms with van der Waals surface area (Å²) in [6.07, 6.45) is 1.01. The minimum Gasteiger partial charge on any atom is -0.387 e. The number of aliphatic hydroxyl groups is 1. The molecule has 0 aromatic heterocycles. The number of ether oxygens (including phenoxy) is 1. The second kappa shape index (κ2) is 2.27. The summed E-state index contributed by atoms with van der Waals surface area (Å²) in [5.74, 6) is 0.345. The molecule has 0 aromatic carbocycles. The zero-order valence-corrected chi connectivity index (χ0v) is 6.05. The van der Waals surface area contributed by atoms with Crippen LogP contribution in [-0.4, -0.2) is 23.9 Å². The Balaban J connectivity index is 2.52. The molecule has 0 radical (unpaired) electrons. The maximum Gasteiger partial charge on any atom is 0.0901 e. The molecule has 1 heterocycles. The molecular formula is C7H14O2. The minimum atomic E-state index is -0.561. The molecule has 1 rings (SSSR count). The fraction of sp³-hybridized carbons (Fsp3) is 1.00. The molecule has 2 nitrogen and oxygen atoms in total. The van der Waals surface area contributed by atoms with Gasteiger partial charge in [0.15, 0.2) is 0 Å². The van der Waals surface area contributed by atoms with E-state index in [1.165, 1.54) is 0 Å². The van der Waals surface area contributed by atoms with Gasteiger partial charge in [-0.3, -0.25) is 0 Å². The molecule has 0 bridgehead atoms. The lowest BCUT2D eigenvalue weighted by atomic mass is 9.91. The minimum absolute atomic E-state index is 0.345. The molecule has 1 aliphatic rings. The van der Waals surface area contributed by atoms with Crippen molar-refractivity contribution in [2.75, 3.05) is 13.2 Å². The summed E-state index contributed by atoms with van der Waals surface area (Å²) in [5, 5.41) is 9.53.